The summed E-state index contributed by atoms with van der Waals surface area (Å²) in [5, 5.41) is 9.46. The molecule has 3 N–H and O–H groups in total. The number of aromatic amines is 1. The molecular weight excluding hydrogens is 294 g/mol. The second-order valence-electron chi connectivity index (χ2n) is 5.26. The van der Waals surface area contributed by atoms with Gasteiger partial charge in [0.2, 0.25) is 5.88 Å². The SMILES string of the molecule is COc1ccc([C@H]2C(C#N)=C(N)Oc3cc(C)[nH]c(=O)c32)cc1. The van der Waals surface area contributed by atoms with E-state index in [0.717, 1.165) is 5.56 Å². The summed E-state index contributed by atoms with van der Waals surface area (Å²) in [7, 11) is 1.57. The highest BCUT2D eigenvalue weighted by molar-refractivity contribution is 5.55. The van der Waals surface area contributed by atoms with E-state index in [1.807, 2.05) is 12.1 Å². The van der Waals surface area contributed by atoms with E-state index in [1.54, 1.807) is 32.2 Å². The Morgan fingerprint density at radius 2 is 2.04 bits per heavy atom. The molecule has 0 bridgehead atoms. The zero-order chi connectivity index (χ0) is 16.6. The number of ether oxygens (including phenoxy) is 2. The molecule has 116 valence electrons. The number of aromatic nitrogens is 1. The maximum absolute atomic E-state index is 12.4. The van der Waals surface area contributed by atoms with Gasteiger partial charge >= 0.3 is 0 Å². The van der Waals surface area contributed by atoms with Crippen LogP contribution in [-0.4, -0.2) is 12.1 Å². The minimum Gasteiger partial charge on any atom is -0.497 e. The van der Waals surface area contributed by atoms with Crippen LogP contribution < -0.4 is 20.8 Å². The summed E-state index contributed by atoms with van der Waals surface area (Å²) in [5.41, 5.74) is 7.63. The molecule has 1 atom stereocenters. The van der Waals surface area contributed by atoms with E-state index in [1.165, 1.54) is 0 Å². The number of nitrogens with two attached hydrogens (primary N) is 1. The van der Waals surface area contributed by atoms with Gasteiger partial charge in [0.25, 0.3) is 5.56 Å². The summed E-state index contributed by atoms with van der Waals surface area (Å²) in [6.45, 7) is 1.76. The first-order valence-corrected chi connectivity index (χ1v) is 7.00. The van der Waals surface area contributed by atoms with Crippen LogP contribution in [0.4, 0.5) is 0 Å². The Hall–Kier alpha value is -3.20. The van der Waals surface area contributed by atoms with E-state index >= 15 is 0 Å². The first kappa shape index (κ1) is 14.7. The number of rotatable bonds is 2. The number of allylic oxidation sites excluding steroid dienone is 1. The zero-order valence-corrected chi connectivity index (χ0v) is 12.7. The normalized spacial score (nSPS) is 16.3. The maximum Gasteiger partial charge on any atom is 0.256 e. The Balaban J connectivity index is 2.24. The highest BCUT2D eigenvalue weighted by atomic mass is 16.5. The molecule has 0 amide bonds. The number of nitrogens with one attached hydrogen (secondary N) is 1. The Morgan fingerprint density at radius 1 is 1.35 bits per heavy atom. The van der Waals surface area contributed by atoms with Gasteiger partial charge in [0, 0.05) is 11.8 Å². The van der Waals surface area contributed by atoms with E-state index in [2.05, 4.69) is 11.1 Å². The third kappa shape index (κ3) is 2.42. The molecule has 2 aromatic rings. The third-order valence-corrected chi connectivity index (χ3v) is 3.80. The van der Waals surface area contributed by atoms with Gasteiger partial charge in [-0.15, -0.1) is 0 Å². The lowest BCUT2D eigenvalue weighted by atomic mass is 9.84. The zero-order valence-electron chi connectivity index (χ0n) is 12.7. The van der Waals surface area contributed by atoms with Gasteiger partial charge in [-0.2, -0.15) is 5.26 Å². The molecule has 1 aromatic heterocycles. The predicted octanol–water partition coefficient (Wildman–Crippen LogP) is 1.91. The van der Waals surface area contributed by atoms with E-state index in [-0.39, 0.29) is 17.0 Å². The summed E-state index contributed by atoms with van der Waals surface area (Å²) >= 11 is 0. The molecule has 2 heterocycles. The number of benzene rings is 1. The highest BCUT2D eigenvalue weighted by Gasteiger charge is 2.33. The van der Waals surface area contributed by atoms with Crippen LogP contribution in [0.5, 0.6) is 11.5 Å². The largest absolute Gasteiger partial charge is 0.497 e. The van der Waals surface area contributed by atoms with Gasteiger partial charge in [-0.3, -0.25) is 4.79 Å². The van der Waals surface area contributed by atoms with Gasteiger partial charge in [-0.1, -0.05) is 12.1 Å². The molecule has 6 heteroatoms. The third-order valence-electron chi connectivity index (χ3n) is 3.80. The van der Waals surface area contributed by atoms with Crippen LogP contribution >= 0.6 is 0 Å². The van der Waals surface area contributed by atoms with Crippen molar-refractivity contribution in [3.63, 3.8) is 0 Å². The van der Waals surface area contributed by atoms with E-state index < -0.39 is 5.92 Å². The quantitative estimate of drug-likeness (QED) is 0.882. The average molecular weight is 309 g/mol. The van der Waals surface area contributed by atoms with Crippen LogP contribution in [0.3, 0.4) is 0 Å². The van der Waals surface area contributed by atoms with Crippen molar-refractivity contribution in [2.75, 3.05) is 7.11 Å². The topological polar surface area (TPSA) is 101 Å². The van der Waals surface area contributed by atoms with Crippen molar-refractivity contribution in [2.24, 2.45) is 5.73 Å². The molecular formula is C17H15N3O3. The molecule has 1 aliphatic heterocycles. The lowest BCUT2D eigenvalue weighted by molar-refractivity contribution is 0.391. The van der Waals surface area contributed by atoms with Crippen molar-refractivity contribution in [3.8, 4) is 17.6 Å². The number of hydrogen-bond acceptors (Lipinski definition) is 5. The molecule has 3 rings (SSSR count). The molecule has 1 aliphatic rings. The van der Waals surface area contributed by atoms with Gasteiger partial charge in [-0.25, -0.2) is 0 Å². The number of nitrogens with zero attached hydrogens (tertiary/aromatic N) is 1. The van der Waals surface area contributed by atoms with Gasteiger partial charge in [-0.05, 0) is 24.6 Å². The lowest BCUT2D eigenvalue weighted by Crippen LogP contribution is -2.28. The van der Waals surface area contributed by atoms with E-state index in [4.69, 9.17) is 15.2 Å². The molecule has 0 aliphatic carbocycles. The van der Waals surface area contributed by atoms with Crippen LogP contribution in [0, 0.1) is 18.3 Å². The molecule has 23 heavy (non-hydrogen) atoms. The smallest absolute Gasteiger partial charge is 0.256 e. The number of fused-ring (bicyclic) bond motifs is 1. The minimum absolute atomic E-state index is 0.0193. The highest BCUT2D eigenvalue weighted by Crippen LogP contribution is 2.40. The number of aryl methyl sites for hydroxylation is 1. The fourth-order valence-corrected chi connectivity index (χ4v) is 2.74. The number of hydrogen-bond donors (Lipinski definition) is 2. The van der Waals surface area contributed by atoms with E-state index in [9.17, 15) is 10.1 Å². The van der Waals surface area contributed by atoms with Crippen molar-refractivity contribution in [1.82, 2.24) is 4.98 Å². The van der Waals surface area contributed by atoms with Crippen molar-refractivity contribution >= 4 is 0 Å². The molecule has 1 aromatic carbocycles. The number of pyridine rings is 1. The molecule has 0 saturated heterocycles. The second-order valence-corrected chi connectivity index (χ2v) is 5.26. The number of methoxy groups -OCH3 is 1. The van der Waals surface area contributed by atoms with Gasteiger partial charge < -0.3 is 20.2 Å². The summed E-state index contributed by atoms with van der Waals surface area (Å²) < 4.78 is 10.6. The van der Waals surface area contributed by atoms with Crippen molar-refractivity contribution in [1.29, 1.82) is 5.26 Å². The summed E-state index contributed by atoms with van der Waals surface area (Å²) in [6, 6.07) is 10.9. The molecule has 0 radical (unpaired) electrons. The first-order valence-electron chi connectivity index (χ1n) is 7.00. The molecule has 0 saturated carbocycles. The van der Waals surface area contributed by atoms with Crippen molar-refractivity contribution < 1.29 is 9.47 Å². The fourth-order valence-electron chi connectivity index (χ4n) is 2.74. The fraction of sp³-hybridized carbons (Fsp3) is 0.176. The monoisotopic (exact) mass is 309 g/mol. The molecule has 6 nitrogen and oxygen atoms in total. The lowest BCUT2D eigenvalue weighted by Gasteiger charge is -2.25. The summed E-state index contributed by atoms with van der Waals surface area (Å²) in [6.07, 6.45) is 0. The Labute approximate surface area is 132 Å². The standard InChI is InChI=1S/C17H15N3O3/c1-9-7-13-15(17(21)20-9)14(12(8-18)16(19)23-13)10-3-5-11(22-2)6-4-10/h3-7,14H,19H2,1-2H3,(H,20,21)/t14-/m0/s1. The van der Waals surface area contributed by atoms with Crippen LogP contribution in [0.25, 0.3) is 0 Å². The van der Waals surface area contributed by atoms with Gasteiger partial charge in [0.1, 0.15) is 23.1 Å². The Kier molecular flexibility index (Phi) is 3.54. The minimum atomic E-state index is -0.570. The second kappa shape index (κ2) is 5.54. The average Bonchev–Trinajstić information content (AvgIpc) is 2.53. The predicted molar refractivity (Wildman–Crippen MR) is 84.1 cm³/mol. The molecule has 0 spiro atoms. The molecule has 0 unspecified atom stereocenters. The number of nitriles is 1. The summed E-state index contributed by atoms with van der Waals surface area (Å²) in [5.74, 6) is 0.516. The maximum atomic E-state index is 12.4. The van der Waals surface area contributed by atoms with Gasteiger partial charge in [0.05, 0.1) is 18.6 Å². The van der Waals surface area contributed by atoms with Crippen LogP contribution in [0.2, 0.25) is 0 Å². The Morgan fingerprint density at radius 3 is 2.65 bits per heavy atom. The van der Waals surface area contributed by atoms with Crippen molar-refractivity contribution in [3.05, 3.63) is 69.0 Å². The number of H-pyrrole nitrogens is 1. The molecule has 0 fully saturated rings. The van der Waals surface area contributed by atoms with Crippen LogP contribution in [0.1, 0.15) is 22.7 Å². The van der Waals surface area contributed by atoms with Crippen LogP contribution in [-0.2, 0) is 0 Å². The van der Waals surface area contributed by atoms with Gasteiger partial charge in [0.15, 0.2) is 0 Å². The van der Waals surface area contributed by atoms with Crippen molar-refractivity contribution in [2.45, 2.75) is 12.8 Å². The Bertz CT molecular complexity index is 889. The summed E-state index contributed by atoms with van der Waals surface area (Å²) in [4.78, 5) is 15.2. The first-order chi connectivity index (χ1) is 11.0. The van der Waals surface area contributed by atoms with E-state index in [0.29, 0.717) is 22.8 Å². The van der Waals surface area contributed by atoms with Crippen LogP contribution in [0.15, 0.2) is 46.6 Å².